The van der Waals surface area contributed by atoms with E-state index >= 15 is 0 Å². The van der Waals surface area contributed by atoms with Gasteiger partial charge in [-0.3, -0.25) is 0 Å². The van der Waals surface area contributed by atoms with E-state index in [4.69, 9.17) is 47.6 Å². The predicted octanol–water partition coefficient (Wildman–Crippen LogP) is -1.66. The fourth-order valence-corrected chi connectivity index (χ4v) is 7.41. The van der Waals surface area contributed by atoms with E-state index in [9.17, 15) is 25.5 Å². The number of thioether (sulfide) groups is 1. The molecule has 15 atom stereocenters. The molecular weight excluding hydrogens is 606 g/mol. The zero-order chi connectivity index (χ0) is 33.1. The number of rotatable bonds is 18. The Morgan fingerprint density at radius 1 is 0.622 bits per heavy atom. The zero-order valence-corrected chi connectivity index (χ0v) is 27.5. The molecule has 0 unspecified atom stereocenters. The molecule has 2 heterocycles. The Kier molecular flexibility index (Phi) is 17.2. The molecule has 15 N–H and O–H groups in total. The van der Waals surface area contributed by atoms with Gasteiger partial charge in [0.2, 0.25) is 0 Å². The van der Waals surface area contributed by atoms with E-state index in [0.717, 1.165) is 18.6 Å². The first-order chi connectivity index (χ1) is 21.5. The highest BCUT2D eigenvalue weighted by Crippen LogP contribution is 2.31. The number of hydrogen-bond donors (Lipinski definition) is 10. The molecule has 0 aromatic heterocycles. The molecule has 3 aliphatic rings. The fourth-order valence-electron chi connectivity index (χ4n) is 6.32. The molecule has 1 saturated carbocycles. The van der Waals surface area contributed by atoms with Crippen LogP contribution in [0.25, 0.3) is 0 Å². The summed E-state index contributed by atoms with van der Waals surface area (Å²) in [6, 6.07) is -3.67. The van der Waals surface area contributed by atoms with E-state index in [1.165, 1.54) is 51.4 Å². The highest BCUT2D eigenvalue weighted by Gasteiger charge is 2.51. The third-order valence-corrected chi connectivity index (χ3v) is 10.4. The quantitative estimate of drug-likeness (QED) is 0.0733. The Labute approximate surface area is 272 Å². The Hall–Kier alpha value is -0.210. The molecule has 2 saturated heterocycles. The zero-order valence-electron chi connectivity index (χ0n) is 26.7. The van der Waals surface area contributed by atoms with E-state index in [1.807, 2.05) is 0 Å². The minimum Gasteiger partial charge on any atom is -0.389 e. The van der Waals surface area contributed by atoms with Crippen molar-refractivity contribution in [3.63, 3.8) is 0 Å². The summed E-state index contributed by atoms with van der Waals surface area (Å²) in [5.41, 5.74) is 30.5. The number of aliphatic hydroxyl groups excluding tert-OH is 5. The van der Waals surface area contributed by atoms with Crippen LogP contribution < -0.4 is 28.7 Å². The van der Waals surface area contributed by atoms with Crippen LogP contribution in [0.15, 0.2) is 0 Å². The van der Waals surface area contributed by atoms with Crippen LogP contribution in [0.2, 0.25) is 0 Å². The Morgan fingerprint density at radius 3 is 1.73 bits per heavy atom. The van der Waals surface area contributed by atoms with Gasteiger partial charge in [-0.15, -0.1) is 0 Å². The normalized spacial score (nSPS) is 42.6. The van der Waals surface area contributed by atoms with E-state index in [0.29, 0.717) is 5.75 Å². The molecular formula is C30H61N5O9S. The highest BCUT2D eigenvalue weighted by molar-refractivity contribution is 7.99. The van der Waals surface area contributed by atoms with Gasteiger partial charge in [0.05, 0.1) is 24.3 Å². The van der Waals surface area contributed by atoms with Gasteiger partial charge in [0.1, 0.15) is 42.7 Å². The average molecular weight is 668 g/mol. The summed E-state index contributed by atoms with van der Waals surface area (Å²) in [5.74, 6) is 1.37. The van der Waals surface area contributed by atoms with Crippen molar-refractivity contribution in [3.8, 4) is 0 Å². The highest BCUT2D eigenvalue weighted by atomic mass is 32.2. The average Bonchev–Trinajstić information content (AvgIpc) is 3.02. The van der Waals surface area contributed by atoms with Crippen molar-refractivity contribution in [3.05, 3.63) is 0 Å². The van der Waals surface area contributed by atoms with Crippen LogP contribution >= 0.6 is 11.8 Å². The van der Waals surface area contributed by atoms with Crippen LogP contribution in [-0.2, 0) is 18.9 Å². The van der Waals surface area contributed by atoms with Crippen molar-refractivity contribution in [1.29, 1.82) is 0 Å². The Bertz CT molecular complexity index is 826. The summed E-state index contributed by atoms with van der Waals surface area (Å²) in [4.78, 5) is 0. The maximum absolute atomic E-state index is 11.3. The first-order valence-corrected chi connectivity index (χ1v) is 18.0. The van der Waals surface area contributed by atoms with Crippen LogP contribution in [0.5, 0.6) is 0 Å². The molecule has 0 aromatic carbocycles. The van der Waals surface area contributed by atoms with Gasteiger partial charge in [0.15, 0.2) is 12.6 Å². The molecule has 1 aliphatic carbocycles. The van der Waals surface area contributed by atoms with Crippen molar-refractivity contribution in [2.24, 2.45) is 28.7 Å². The van der Waals surface area contributed by atoms with Crippen LogP contribution in [0, 0.1) is 0 Å². The summed E-state index contributed by atoms with van der Waals surface area (Å²) < 4.78 is 23.6. The second-order valence-corrected chi connectivity index (χ2v) is 14.1. The lowest BCUT2D eigenvalue weighted by Crippen LogP contribution is -2.69. The maximum atomic E-state index is 11.3. The first kappa shape index (κ1) is 39.2. The van der Waals surface area contributed by atoms with Crippen LogP contribution in [0.1, 0.15) is 77.6 Å². The number of unbranched alkanes of at least 4 members (excludes halogenated alkanes) is 9. The second-order valence-electron chi connectivity index (χ2n) is 13.0. The number of nitrogens with two attached hydrogens (primary N) is 5. The van der Waals surface area contributed by atoms with Crippen LogP contribution in [-0.4, -0.2) is 135 Å². The van der Waals surface area contributed by atoms with Crippen molar-refractivity contribution in [2.45, 2.75) is 169 Å². The molecule has 266 valence electrons. The molecule has 14 nitrogen and oxygen atoms in total. The summed E-state index contributed by atoms with van der Waals surface area (Å²) in [6.07, 6.45) is -0.0767. The van der Waals surface area contributed by atoms with E-state index < -0.39 is 91.7 Å². The molecule has 0 radical (unpaired) electrons. The summed E-state index contributed by atoms with van der Waals surface area (Å²) in [6.45, 7) is 2.14. The van der Waals surface area contributed by atoms with Crippen LogP contribution in [0.4, 0.5) is 0 Å². The van der Waals surface area contributed by atoms with Crippen molar-refractivity contribution < 1.29 is 44.5 Å². The lowest BCUT2D eigenvalue weighted by Gasteiger charge is -2.48. The molecule has 15 heteroatoms. The number of hydrogen-bond acceptors (Lipinski definition) is 15. The number of ether oxygens (including phenoxy) is 4. The van der Waals surface area contributed by atoms with Crippen molar-refractivity contribution in [2.75, 3.05) is 18.1 Å². The second kappa shape index (κ2) is 19.7. The van der Waals surface area contributed by atoms with Gasteiger partial charge in [-0.05, 0) is 18.6 Å². The minimum absolute atomic E-state index is 0.0948. The van der Waals surface area contributed by atoms with E-state index in [2.05, 4.69) is 6.92 Å². The number of aliphatic hydroxyl groups is 5. The first-order valence-electron chi connectivity index (χ1n) is 16.8. The Morgan fingerprint density at radius 2 is 1.16 bits per heavy atom. The monoisotopic (exact) mass is 667 g/mol. The summed E-state index contributed by atoms with van der Waals surface area (Å²) in [7, 11) is 0. The smallest absolute Gasteiger partial charge is 0.186 e. The van der Waals surface area contributed by atoms with Crippen LogP contribution in [0.3, 0.4) is 0 Å². The van der Waals surface area contributed by atoms with E-state index in [1.54, 1.807) is 11.8 Å². The molecule has 3 fully saturated rings. The lowest BCUT2D eigenvalue weighted by atomic mass is 9.84. The molecule has 0 amide bonds. The predicted molar refractivity (Wildman–Crippen MR) is 172 cm³/mol. The molecule has 45 heavy (non-hydrogen) atoms. The molecule has 0 spiro atoms. The largest absolute Gasteiger partial charge is 0.389 e. The van der Waals surface area contributed by atoms with Crippen molar-refractivity contribution in [1.82, 2.24) is 0 Å². The van der Waals surface area contributed by atoms with Gasteiger partial charge in [0, 0.05) is 24.4 Å². The van der Waals surface area contributed by atoms with Gasteiger partial charge in [-0.1, -0.05) is 64.7 Å². The standard InChI is InChI=1S/C30H61N5O9S/c1-2-3-4-5-6-7-8-9-10-11-12-45-15-19-22(36)20(34)25(39)30(42-19)44-28-17(33)13-16(32)27(26(28)40)43-29-21(35)24(38)23(37)18(14-31)41-29/h16-30,36-40H,2-15,31-35H2,1H3/t16-,17+,18-,19-,20+,21-,22-,23-,24-,25-,26-,27+,28-,29-,30-/m0/s1. The van der Waals surface area contributed by atoms with Crippen molar-refractivity contribution >= 4 is 11.8 Å². The van der Waals surface area contributed by atoms with Gasteiger partial charge >= 0.3 is 0 Å². The summed E-state index contributed by atoms with van der Waals surface area (Å²) >= 11 is 1.65. The third-order valence-electron chi connectivity index (χ3n) is 9.31. The van der Waals surface area contributed by atoms with Gasteiger partial charge in [-0.2, -0.15) is 11.8 Å². The molecule has 2 aliphatic heterocycles. The van der Waals surface area contributed by atoms with E-state index in [-0.39, 0.29) is 13.0 Å². The molecule has 3 rings (SSSR count). The minimum atomic E-state index is -1.40. The SMILES string of the molecule is CCCCCCCCCCCCSC[C@@H]1O[C@@H](O[C@@H]2[C@@H](O)[C@H](O[C@@H]3O[C@@H](CN)[C@H](O)[C@@H](O)[C@@H]3N)[C@@H](N)C[C@H]2N)[C@@H](O)[C@H](N)[C@H]1O. The fraction of sp³-hybridized carbons (Fsp3) is 1.00. The van der Waals surface area contributed by atoms with Gasteiger partial charge < -0.3 is 73.1 Å². The third kappa shape index (κ3) is 10.9. The topological polar surface area (TPSA) is 268 Å². The molecule has 0 aromatic rings. The lowest BCUT2D eigenvalue weighted by molar-refractivity contribution is -0.314. The Balaban J connectivity index is 1.49. The van der Waals surface area contributed by atoms with Gasteiger partial charge in [0.25, 0.3) is 0 Å². The maximum Gasteiger partial charge on any atom is 0.186 e. The summed E-state index contributed by atoms with van der Waals surface area (Å²) in [5, 5.41) is 53.3. The molecule has 0 bridgehead atoms. The van der Waals surface area contributed by atoms with Gasteiger partial charge in [-0.25, -0.2) is 0 Å².